The van der Waals surface area contributed by atoms with Crippen LogP contribution < -0.4 is 4.74 Å². The zero-order valence-electron chi connectivity index (χ0n) is 9.27. The molecular weight excluding hydrogens is 239 g/mol. The number of carbonyl (C=O) groups is 1. The second kappa shape index (κ2) is 5.10. The highest BCUT2D eigenvalue weighted by atomic mass is 32.1. The summed E-state index contributed by atoms with van der Waals surface area (Å²) in [7, 11) is 0. The van der Waals surface area contributed by atoms with E-state index in [9.17, 15) is 9.18 Å². The second-order valence-corrected chi connectivity index (χ2v) is 4.57. The van der Waals surface area contributed by atoms with Crippen LogP contribution in [-0.2, 0) is 0 Å². The molecule has 0 aliphatic carbocycles. The van der Waals surface area contributed by atoms with Crippen molar-refractivity contribution in [3.8, 4) is 5.75 Å². The zero-order chi connectivity index (χ0) is 12.3. The minimum absolute atomic E-state index is 0.120. The molecular formula is C13H11FO2S. The van der Waals surface area contributed by atoms with Crippen molar-refractivity contribution in [3.63, 3.8) is 0 Å². The predicted molar refractivity (Wildman–Crippen MR) is 65.3 cm³/mol. The first-order chi connectivity index (χ1) is 8.16. The molecule has 0 atom stereocenters. The lowest BCUT2D eigenvalue weighted by atomic mass is 10.2. The molecule has 1 aromatic carbocycles. The summed E-state index contributed by atoms with van der Waals surface area (Å²) >= 11 is 1.35. The molecule has 0 unspecified atom stereocenters. The van der Waals surface area contributed by atoms with E-state index < -0.39 is 5.82 Å². The van der Waals surface area contributed by atoms with Crippen molar-refractivity contribution in [1.82, 2.24) is 0 Å². The summed E-state index contributed by atoms with van der Waals surface area (Å²) in [6.07, 6.45) is 0. The maximum Gasteiger partial charge on any atom is 0.210 e. The monoisotopic (exact) mass is 250 g/mol. The number of ether oxygens (including phenoxy) is 1. The van der Waals surface area contributed by atoms with Gasteiger partial charge in [-0.2, -0.15) is 0 Å². The molecule has 17 heavy (non-hydrogen) atoms. The van der Waals surface area contributed by atoms with Gasteiger partial charge in [-0.15, -0.1) is 11.3 Å². The Morgan fingerprint density at radius 3 is 2.94 bits per heavy atom. The Bertz CT molecular complexity index is 520. The molecule has 1 heterocycles. The van der Waals surface area contributed by atoms with Crippen LogP contribution in [0.1, 0.15) is 15.2 Å². The number of ketones is 1. The van der Waals surface area contributed by atoms with Gasteiger partial charge in [0.1, 0.15) is 0 Å². The van der Waals surface area contributed by atoms with Crippen molar-refractivity contribution in [2.45, 2.75) is 6.92 Å². The number of benzene rings is 1. The molecule has 0 fully saturated rings. The maximum atomic E-state index is 13.3. The number of halogens is 1. The van der Waals surface area contributed by atoms with Gasteiger partial charge in [0, 0.05) is 0 Å². The molecule has 0 saturated carbocycles. The molecule has 4 heteroatoms. The van der Waals surface area contributed by atoms with Gasteiger partial charge in [-0.1, -0.05) is 12.1 Å². The minimum Gasteiger partial charge on any atom is -0.482 e. The van der Waals surface area contributed by atoms with Crippen LogP contribution in [0.2, 0.25) is 0 Å². The predicted octanol–water partition coefficient (Wildman–Crippen LogP) is 3.46. The van der Waals surface area contributed by atoms with Gasteiger partial charge in [-0.05, 0) is 36.1 Å². The fourth-order valence-corrected chi connectivity index (χ4v) is 2.02. The molecule has 0 aliphatic heterocycles. The zero-order valence-corrected chi connectivity index (χ0v) is 10.1. The number of aryl methyl sites for hydroxylation is 1. The Morgan fingerprint density at radius 1 is 1.41 bits per heavy atom. The van der Waals surface area contributed by atoms with Gasteiger partial charge in [0.25, 0.3) is 0 Å². The Balaban J connectivity index is 2.03. The lowest BCUT2D eigenvalue weighted by molar-refractivity contribution is 0.0923. The van der Waals surface area contributed by atoms with E-state index in [2.05, 4.69) is 0 Å². The largest absolute Gasteiger partial charge is 0.482 e. The van der Waals surface area contributed by atoms with E-state index in [1.165, 1.54) is 17.4 Å². The van der Waals surface area contributed by atoms with Crippen LogP contribution in [0.25, 0.3) is 0 Å². The molecule has 0 N–H and O–H groups in total. The number of thiophene rings is 1. The SMILES string of the molecule is Cc1ccc(F)c(OCC(=O)c2cccs2)c1. The van der Waals surface area contributed by atoms with E-state index in [0.717, 1.165) is 5.56 Å². The van der Waals surface area contributed by atoms with Crippen molar-refractivity contribution in [3.05, 3.63) is 52.0 Å². The van der Waals surface area contributed by atoms with Crippen molar-refractivity contribution < 1.29 is 13.9 Å². The Labute approximate surface area is 103 Å². The molecule has 1 aromatic heterocycles. The fourth-order valence-electron chi connectivity index (χ4n) is 1.37. The van der Waals surface area contributed by atoms with E-state index in [1.54, 1.807) is 24.3 Å². The first-order valence-electron chi connectivity index (χ1n) is 5.12. The van der Waals surface area contributed by atoms with Crippen LogP contribution in [0.15, 0.2) is 35.7 Å². The quantitative estimate of drug-likeness (QED) is 0.777. The summed E-state index contributed by atoms with van der Waals surface area (Å²) in [5.74, 6) is -0.467. The lowest BCUT2D eigenvalue weighted by Gasteiger charge is -2.06. The van der Waals surface area contributed by atoms with Gasteiger partial charge in [0.15, 0.2) is 18.2 Å². The molecule has 2 rings (SSSR count). The summed E-state index contributed by atoms with van der Waals surface area (Å²) in [4.78, 5) is 12.3. The fraction of sp³-hybridized carbons (Fsp3) is 0.154. The molecule has 0 spiro atoms. The summed E-state index contributed by atoms with van der Waals surface area (Å²) in [5.41, 5.74) is 0.893. The molecule has 0 amide bonds. The Morgan fingerprint density at radius 2 is 2.24 bits per heavy atom. The molecule has 0 saturated heterocycles. The summed E-state index contributed by atoms with van der Waals surface area (Å²) in [6.45, 7) is 1.70. The molecule has 2 aromatic rings. The number of carbonyl (C=O) groups excluding carboxylic acids is 1. The van der Waals surface area contributed by atoms with Crippen LogP contribution in [0.3, 0.4) is 0 Å². The van der Waals surface area contributed by atoms with Gasteiger partial charge in [-0.25, -0.2) is 4.39 Å². The van der Waals surface area contributed by atoms with E-state index >= 15 is 0 Å². The molecule has 2 nitrogen and oxygen atoms in total. The van der Waals surface area contributed by atoms with Gasteiger partial charge >= 0.3 is 0 Å². The van der Waals surface area contributed by atoms with Crippen LogP contribution in [0, 0.1) is 12.7 Å². The smallest absolute Gasteiger partial charge is 0.210 e. The first-order valence-corrected chi connectivity index (χ1v) is 6.00. The third-order valence-corrected chi connectivity index (χ3v) is 3.15. The molecule has 0 aliphatic rings. The topological polar surface area (TPSA) is 26.3 Å². The Kier molecular flexibility index (Phi) is 3.54. The highest BCUT2D eigenvalue weighted by Gasteiger charge is 2.09. The highest BCUT2D eigenvalue weighted by Crippen LogP contribution is 2.19. The Hall–Kier alpha value is -1.68. The molecule has 88 valence electrons. The summed E-state index contributed by atoms with van der Waals surface area (Å²) < 4.78 is 18.5. The van der Waals surface area contributed by atoms with Crippen molar-refractivity contribution in [2.75, 3.05) is 6.61 Å². The standard InChI is InChI=1S/C13H11FO2S/c1-9-4-5-10(14)12(7-9)16-8-11(15)13-3-2-6-17-13/h2-7H,8H2,1H3. The highest BCUT2D eigenvalue weighted by molar-refractivity contribution is 7.12. The number of rotatable bonds is 4. The third kappa shape index (κ3) is 2.91. The van der Waals surface area contributed by atoms with Crippen LogP contribution >= 0.6 is 11.3 Å². The summed E-state index contributed by atoms with van der Waals surface area (Å²) in [5, 5.41) is 1.82. The van der Waals surface area contributed by atoms with E-state index in [0.29, 0.717) is 4.88 Å². The number of hydrogen-bond donors (Lipinski definition) is 0. The molecule has 0 bridgehead atoms. The van der Waals surface area contributed by atoms with Gasteiger partial charge in [0.2, 0.25) is 5.78 Å². The van der Waals surface area contributed by atoms with E-state index in [-0.39, 0.29) is 18.1 Å². The van der Waals surface area contributed by atoms with E-state index in [4.69, 9.17) is 4.74 Å². The van der Waals surface area contributed by atoms with Crippen molar-refractivity contribution >= 4 is 17.1 Å². The van der Waals surface area contributed by atoms with Crippen molar-refractivity contribution in [2.24, 2.45) is 0 Å². The lowest BCUT2D eigenvalue weighted by Crippen LogP contribution is -2.10. The van der Waals surface area contributed by atoms with E-state index in [1.807, 2.05) is 12.3 Å². The van der Waals surface area contributed by atoms with Gasteiger partial charge in [-0.3, -0.25) is 4.79 Å². The second-order valence-electron chi connectivity index (χ2n) is 3.62. The summed E-state index contributed by atoms with van der Waals surface area (Å²) in [6, 6.07) is 8.09. The maximum absolute atomic E-state index is 13.3. The van der Waals surface area contributed by atoms with Gasteiger partial charge < -0.3 is 4.74 Å². The average Bonchev–Trinajstić information content (AvgIpc) is 2.83. The van der Waals surface area contributed by atoms with Crippen molar-refractivity contribution in [1.29, 1.82) is 0 Å². The normalized spacial score (nSPS) is 10.2. The van der Waals surface area contributed by atoms with Gasteiger partial charge in [0.05, 0.1) is 4.88 Å². The van der Waals surface area contributed by atoms with Crippen LogP contribution in [0.4, 0.5) is 4.39 Å². The van der Waals surface area contributed by atoms with Crippen LogP contribution in [-0.4, -0.2) is 12.4 Å². The molecule has 0 radical (unpaired) electrons. The first kappa shape index (κ1) is 11.8. The average molecular weight is 250 g/mol. The number of hydrogen-bond acceptors (Lipinski definition) is 3. The third-order valence-electron chi connectivity index (χ3n) is 2.24. The van der Waals surface area contributed by atoms with Crippen LogP contribution in [0.5, 0.6) is 5.75 Å². The minimum atomic E-state index is -0.449. The number of Topliss-reactive ketones (excluding diaryl/α,β-unsaturated/α-hetero) is 1.